The van der Waals surface area contributed by atoms with Crippen LogP contribution in [0.15, 0.2) is 24.3 Å². The quantitative estimate of drug-likeness (QED) is 0.910. The van der Waals surface area contributed by atoms with Crippen LogP contribution in [0.1, 0.15) is 24.8 Å². The third-order valence-electron chi connectivity index (χ3n) is 4.39. The molecule has 0 aliphatic carbocycles. The Morgan fingerprint density at radius 2 is 2.10 bits per heavy atom. The van der Waals surface area contributed by atoms with Gasteiger partial charge >= 0.3 is 0 Å². The monoisotopic (exact) mass is 314 g/mol. The molecule has 2 saturated heterocycles. The van der Waals surface area contributed by atoms with E-state index in [2.05, 4.69) is 5.32 Å². The molecule has 20 heavy (non-hydrogen) atoms. The van der Waals surface area contributed by atoms with Crippen LogP contribution in [0, 0.1) is 5.41 Å². The van der Waals surface area contributed by atoms with Gasteiger partial charge in [0.1, 0.15) is 0 Å². The van der Waals surface area contributed by atoms with Gasteiger partial charge in [0.25, 0.3) is 0 Å². The molecule has 2 fully saturated rings. The van der Waals surface area contributed by atoms with E-state index in [-0.39, 0.29) is 17.8 Å². The molecule has 1 aromatic rings. The Balaban J connectivity index is 0.00000147. The molecule has 1 amide bonds. The largest absolute Gasteiger partial charge is 0.338 e. The third kappa shape index (κ3) is 2.80. The Morgan fingerprint density at radius 3 is 2.80 bits per heavy atom. The maximum absolute atomic E-state index is 12.6. The zero-order chi connectivity index (χ0) is 13.3. The molecule has 1 unspecified atom stereocenters. The van der Waals surface area contributed by atoms with Crippen LogP contribution in [-0.2, 0) is 11.3 Å². The normalized spacial score (nSPS) is 25.9. The van der Waals surface area contributed by atoms with Crippen LogP contribution in [0.25, 0.3) is 0 Å². The van der Waals surface area contributed by atoms with Crippen molar-refractivity contribution in [3.05, 3.63) is 34.9 Å². The van der Waals surface area contributed by atoms with E-state index in [0.29, 0.717) is 12.5 Å². The van der Waals surface area contributed by atoms with Crippen LogP contribution in [0.4, 0.5) is 0 Å². The SMILES string of the molecule is Cl.O=C1N(Cc2ccccc2Cl)CCC12CCCNC2. The lowest BCUT2D eigenvalue weighted by atomic mass is 9.79. The lowest BCUT2D eigenvalue weighted by molar-refractivity contribution is -0.137. The molecular weight excluding hydrogens is 295 g/mol. The molecule has 1 aromatic carbocycles. The molecule has 3 nitrogen and oxygen atoms in total. The average molecular weight is 315 g/mol. The number of rotatable bonds is 2. The van der Waals surface area contributed by atoms with Crippen LogP contribution in [0.2, 0.25) is 5.02 Å². The molecular formula is C15H20Cl2N2O. The fraction of sp³-hybridized carbons (Fsp3) is 0.533. The van der Waals surface area contributed by atoms with Gasteiger partial charge in [-0.15, -0.1) is 12.4 Å². The highest BCUT2D eigenvalue weighted by Gasteiger charge is 2.46. The zero-order valence-electron chi connectivity index (χ0n) is 11.4. The second-order valence-electron chi connectivity index (χ2n) is 5.63. The van der Waals surface area contributed by atoms with Gasteiger partial charge in [-0.3, -0.25) is 4.79 Å². The smallest absolute Gasteiger partial charge is 0.230 e. The molecule has 2 aliphatic rings. The number of halogens is 2. The topological polar surface area (TPSA) is 32.3 Å². The predicted molar refractivity (Wildman–Crippen MR) is 83.3 cm³/mol. The lowest BCUT2D eigenvalue weighted by Gasteiger charge is -2.32. The fourth-order valence-corrected chi connectivity index (χ4v) is 3.44. The number of benzene rings is 1. The number of hydrogen-bond acceptors (Lipinski definition) is 2. The molecule has 0 radical (unpaired) electrons. The number of nitrogens with zero attached hydrogens (tertiary/aromatic N) is 1. The van der Waals surface area contributed by atoms with Crippen molar-refractivity contribution >= 4 is 29.9 Å². The van der Waals surface area contributed by atoms with Gasteiger partial charge in [0.2, 0.25) is 5.91 Å². The molecule has 0 saturated carbocycles. The van der Waals surface area contributed by atoms with E-state index in [1.165, 1.54) is 0 Å². The summed E-state index contributed by atoms with van der Waals surface area (Å²) in [7, 11) is 0. The molecule has 0 aromatic heterocycles. The van der Waals surface area contributed by atoms with Gasteiger partial charge in [-0.2, -0.15) is 0 Å². The Hall–Kier alpha value is -0.770. The Labute approximate surface area is 131 Å². The summed E-state index contributed by atoms with van der Waals surface area (Å²) in [6.07, 6.45) is 3.10. The summed E-state index contributed by atoms with van der Waals surface area (Å²) in [5, 5.41) is 4.12. The van der Waals surface area contributed by atoms with Crippen molar-refractivity contribution in [2.75, 3.05) is 19.6 Å². The first-order valence-corrected chi connectivity index (χ1v) is 7.33. The van der Waals surface area contributed by atoms with Crippen LogP contribution in [0.5, 0.6) is 0 Å². The van der Waals surface area contributed by atoms with E-state index in [1.54, 1.807) is 0 Å². The van der Waals surface area contributed by atoms with E-state index in [1.807, 2.05) is 29.2 Å². The van der Waals surface area contributed by atoms with Gasteiger partial charge in [0.05, 0.1) is 5.41 Å². The van der Waals surface area contributed by atoms with Gasteiger partial charge in [-0.05, 0) is 37.4 Å². The number of nitrogens with one attached hydrogen (secondary N) is 1. The van der Waals surface area contributed by atoms with Crippen LogP contribution >= 0.6 is 24.0 Å². The van der Waals surface area contributed by atoms with Crippen LogP contribution in [-0.4, -0.2) is 30.4 Å². The first-order chi connectivity index (χ1) is 9.21. The van der Waals surface area contributed by atoms with Crippen molar-refractivity contribution in [1.82, 2.24) is 10.2 Å². The highest BCUT2D eigenvalue weighted by Crippen LogP contribution is 2.38. The molecule has 1 spiro atoms. The molecule has 1 atom stereocenters. The van der Waals surface area contributed by atoms with Gasteiger partial charge < -0.3 is 10.2 Å². The highest BCUT2D eigenvalue weighted by molar-refractivity contribution is 6.31. The summed E-state index contributed by atoms with van der Waals surface area (Å²) in [5.41, 5.74) is 0.901. The molecule has 1 N–H and O–H groups in total. The Bertz CT molecular complexity index is 487. The fourth-order valence-electron chi connectivity index (χ4n) is 3.24. The second-order valence-corrected chi connectivity index (χ2v) is 6.04. The number of carbonyl (C=O) groups excluding carboxylic acids is 1. The third-order valence-corrected chi connectivity index (χ3v) is 4.76. The first kappa shape index (κ1) is 15.6. The van der Waals surface area contributed by atoms with Crippen molar-refractivity contribution in [2.24, 2.45) is 5.41 Å². The summed E-state index contributed by atoms with van der Waals surface area (Å²) in [5.74, 6) is 0.305. The number of likely N-dealkylation sites (tertiary alicyclic amines) is 1. The molecule has 3 rings (SSSR count). The molecule has 2 aliphatic heterocycles. The van der Waals surface area contributed by atoms with Gasteiger partial charge in [0.15, 0.2) is 0 Å². The number of piperidine rings is 1. The van der Waals surface area contributed by atoms with Crippen molar-refractivity contribution in [1.29, 1.82) is 0 Å². The Kier molecular flexibility index (Phi) is 4.95. The average Bonchev–Trinajstić information content (AvgIpc) is 2.72. The Morgan fingerprint density at radius 1 is 1.30 bits per heavy atom. The minimum absolute atomic E-state index is 0. The first-order valence-electron chi connectivity index (χ1n) is 6.95. The van der Waals surface area contributed by atoms with Gasteiger partial charge in [-0.1, -0.05) is 29.8 Å². The predicted octanol–water partition coefficient (Wildman–Crippen LogP) is 2.86. The maximum Gasteiger partial charge on any atom is 0.230 e. The number of hydrogen-bond donors (Lipinski definition) is 1. The van der Waals surface area contributed by atoms with Crippen molar-refractivity contribution in [3.8, 4) is 0 Å². The van der Waals surface area contributed by atoms with Crippen molar-refractivity contribution in [3.63, 3.8) is 0 Å². The molecule has 5 heteroatoms. The minimum atomic E-state index is -0.139. The second kappa shape index (κ2) is 6.33. The van der Waals surface area contributed by atoms with Crippen LogP contribution < -0.4 is 5.32 Å². The summed E-state index contributed by atoms with van der Waals surface area (Å²) in [4.78, 5) is 14.6. The van der Waals surface area contributed by atoms with E-state index in [4.69, 9.17) is 11.6 Å². The van der Waals surface area contributed by atoms with Crippen molar-refractivity contribution < 1.29 is 4.79 Å². The summed E-state index contributed by atoms with van der Waals surface area (Å²) >= 11 is 6.18. The van der Waals surface area contributed by atoms with Crippen molar-refractivity contribution in [2.45, 2.75) is 25.8 Å². The standard InChI is InChI=1S/C15H19ClN2O.ClH/c16-13-5-2-1-4-12(13)10-18-9-7-15(14(18)19)6-3-8-17-11-15;/h1-2,4-5,17H,3,6-11H2;1H. The maximum atomic E-state index is 12.6. The van der Waals surface area contributed by atoms with Crippen LogP contribution in [0.3, 0.4) is 0 Å². The van der Waals surface area contributed by atoms with E-state index >= 15 is 0 Å². The van der Waals surface area contributed by atoms with E-state index < -0.39 is 0 Å². The highest BCUT2D eigenvalue weighted by atomic mass is 35.5. The summed E-state index contributed by atoms with van der Waals surface area (Å²) in [6.45, 7) is 3.37. The molecule has 0 bridgehead atoms. The summed E-state index contributed by atoms with van der Waals surface area (Å²) in [6, 6.07) is 7.78. The van der Waals surface area contributed by atoms with Gasteiger partial charge in [-0.25, -0.2) is 0 Å². The minimum Gasteiger partial charge on any atom is -0.338 e. The summed E-state index contributed by atoms with van der Waals surface area (Å²) < 4.78 is 0. The van der Waals surface area contributed by atoms with E-state index in [9.17, 15) is 4.79 Å². The van der Waals surface area contributed by atoms with Gasteiger partial charge in [0, 0.05) is 24.7 Å². The number of carbonyl (C=O) groups is 1. The molecule has 110 valence electrons. The molecule has 2 heterocycles. The van der Waals surface area contributed by atoms with E-state index in [0.717, 1.165) is 49.5 Å². The zero-order valence-corrected chi connectivity index (χ0v) is 13.0. The lowest BCUT2D eigenvalue weighted by Crippen LogP contribution is -2.45. The number of amides is 1.